The highest BCUT2D eigenvalue weighted by molar-refractivity contribution is 7.89. The topological polar surface area (TPSA) is 103 Å². The Bertz CT molecular complexity index is 878. The fourth-order valence-corrected chi connectivity index (χ4v) is 4.70. The third kappa shape index (κ3) is 3.87. The highest BCUT2D eigenvalue weighted by atomic mass is 32.2. The fraction of sp³-hybridized carbons (Fsp3) is 0.312. The normalized spacial score (nSPS) is 16.3. The Balaban J connectivity index is 1.62. The lowest BCUT2D eigenvalue weighted by Crippen LogP contribution is -2.41. The van der Waals surface area contributed by atoms with E-state index in [0.717, 1.165) is 0 Å². The molecule has 1 aromatic carbocycles. The van der Waals surface area contributed by atoms with E-state index in [-0.39, 0.29) is 29.8 Å². The van der Waals surface area contributed by atoms with Gasteiger partial charge in [0, 0.05) is 30.6 Å². The number of nitrogens with one attached hydrogen (secondary N) is 1. The minimum atomic E-state index is -3.60. The predicted molar refractivity (Wildman–Crippen MR) is 93.4 cm³/mol. The maximum Gasteiger partial charge on any atom is 0.243 e. The fourth-order valence-electron chi connectivity index (χ4n) is 2.70. The molecule has 2 heterocycles. The molecule has 0 aliphatic carbocycles. The Morgan fingerprint density at radius 3 is 2.52 bits per heavy atom. The van der Waals surface area contributed by atoms with E-state index in [4.69, 9.17) is 5.26 Å². The summed E-state index contributed by atoms with van der Waals surface area (Å²) in [6.45, 7) is 0.580. The second kappa shape index (κ2) is 7.31. The quantitative estimate of drug-likeness (QED) is 0.880. The number of benzene rings is 1. The van der Waals surface area contributed by atoms with Gasteiger partial charge < -0.3 is 5.32 Å². The summed E-state index contributed by atoms with van der Waals surface area (Å²) >= 11 is 1.35. The third-order valence-corrected chi connectivity index (χ3v) is 6.71. The Hall–Kier alpha value is -2.28. The summed E-state index contributed by atoms with van der Waals surface area (Å²) in [5.41, 5.74) is 0.413. The number of hydrogen-bond acceptors (Lipinski definition) is 6. The molecule has 2 aromatic rings. The highest BCUT2D eigenvalue weighted by Crippen LogP contribution is 2.25. The average Bonchev–Trinajstić information content (AvgIpc) is 3.15. The number of anilines is 1. The Morgan fingerprint density at radius 2 is 1.96 bits per heavy atom. The summed E-state index contributed by atoms with van der Waals surface area (Å²) < 4.78 is 26.7. The predicted octanol–water partition coefficient (Wildman–Crippen LogP) is 2.05. The van der Waals surface area contributed by atoms with Gasteiger partial charge in [0.25, 0.3) is 0 Å². The zero-order valence-corrected chi connectivity index (χ0v) is 14.9. The second-order valence-electron chi connectivity index (χ2n) is 5.64. The van der Waals surface area contributed by atoms with Crippen LogP contribution in [0.1, 0.15) is 18.4 Å². The number of nitrogens with zero attached hydrogens (tertiary/aromatic N) is 3. The Labute approximate surface area is 150 Å². The standard InChI is InChI=1S/C16H16N4O3S2/c17-11-12-1-3-14(4-2-12)25(22,23)20-8-5-13(6-9-20)15(21)19-16-18-7-10-24-16/h1-4,7,10,13H,5-6,8-9H2,(H,18,19,21). The molecule has 7 nitrogen and oxygen atoms in total. The Morgan fingerprint density at radius 1 is 1.28 bits per heavy atom. The van der Waals surface area contributed by atoms with Crippen molar-refractivity contribution in [3.63, 3.8) is 0 Å². The summed E-state index contributed by atoms with van der Waals surface area (Å²) in [7, 11) is -3.60. The number of carbonyl (C=O) groups is 1. The van der Waals surface area contributed by atoms with Crippen LogP contribution in [0.2, 0.25) is 0 Å². The summed E-state index contributed by atoms with van der Waals surface area (Å²) in [5.74, 6) is -0.346. The third-order valence-electron chi connectivity index (χ3n) is 4.11. The van der Waals surface area contributed by atoms with Gasteiger partial charge in [0.15, 0.2) is 5.13 Å². The smallest absolute Gasteiger partial charge is 0.243 e. The number of aromatic nitrogens is 1. The van der Waals surface area contributed by atoms with Gasteiger partial charge in [-0.25, -0.2) is 13.4 Å². The van der Waals surface area contributed by atoms with Crippen molar-refractivity contribution in [1.82, 2.24) is 9.29 Å². The lowest BCUT2D eigenvalue weighted by Gasteiger charge is -2.30. The molecule has 9 heteroatoms. The minimum Gasteiger partial charge on any atom is -0.302 e. The van der Waals surface area contributed by atoms with Gasteiger partial charge in [0.2, 0.25) is 15.9 Å². The molecular weight excluding hydrogens is 360 g/mol. The maximum absolute atomic E-state index is 12.7. The summed E-state index contributed by atoms with van der Waals surface area (Å²) in [4.78, 5) is 16.4. The zero-order chi connectivity index (χ0) is 17.9. The van der Waals surface area contributed by atoms with Gasteiger partial charge in [-0.15, -0.1) is 11.3 Å². The van der Waals surface area contributed by atoms with Gasteiger partial charge in [-0.3, -0.25) is 4.79 Å². The molecule has 1 saturated heterocycles. The molecule has 130 valence electrons. The Kier molecular flexibility index (Phi) is 5.13. The first-order valence-electron chi connectivity index (χ1n) is 7.71. The summed E-state index contributed by atoms with van der Waals surface area (Å²) in [6.07, 6.45) is 2.55. The molecule has 25 heavy (non-hydrogen) atoms. The number of carbonyl (C=O) groups excluding carboxylic acids is 1. The number of nitriles is 1. The van der Waals surface area contributed by atoms with E-state index < -0.39 is 10.0 Å². The molecule has 0 radical (unpaired) electrons. The van der Waals surface area contributed by atoms with Crippen molar-refractivity contribution in [3.05, 3.63) is 41.4 Å². The van der Waals surface area contributed by atoms with Crippen molar-refractivity contribution >= 4 is 32.4 Å². The number of rotatable bonds is 4. The van der Waals surface area contributed by atoms with Gasteiger partial charge in [0.1, 0.15) is 0 Å². The molecule has 1 aromatic heterocycles. The molecule has 3 rings (SSSR count). The molecule has 0 unspecified atom stereocenters. The van der Waals surface area contributed by atoms with Gasteiger partial charge in [-0.2, -0.15) is 9.57 Å². The average molecular weight is 376 g/mol. The van der Waals surface area contributed by atoms with Gasteiger partial charge in [0.05, 0.1) is 16.5 Å². The molecule has 0 bridgehead atoms. The first kappa shape index (κ1) is 17.5. The van der Waals surface area contributed by atoms with Gasteiger partial charge in [-0.1, -0.05) is 0 Å². The summed E-state index contributed by atoms with van der Waals surface area (Å²) in [6, 6.07) is 7.82. The lowest BCUT2D eigenvalue weighted by atomic mass is 9.97. The number of thiazole rings is 1. The largest absolute Gasteiger partial charge is 0.302 e. The van der Waals surface area contributed by atoms with Crippen molar-refractivity contribution in [2.45, 2.75) is 17.7 Å². The molecule has 1 fully saturated rings. The summed E-state index contributed by atoms with van der Waals surface area (Å²) in [5, 5.41) is 13.9. The molecule has 1 aliphatic rings. The van der Waals surface area contributed by atoms with Crippen LogP contribution in [-0.2, 0) is 14.8 Å². The second-order valence-corrected chi connectivity index (χ2v) is 8.47. The SMILES string of the molecule is N#Cc1ccc(S(=O)(=O)N2CCC(C(=O)Nc3nccs3)CC2)cc1. The van der Waals surface area contributed by atoms with E-state index in [1.165, 1.54) is 39.9 Å². The van der Waals surface area contributed by atoms with E-state index in [1.807, 2.05) is 6.07 Å². The van der Waals surface area contributed by atoms with Crippen LogP contribution >= 0.6 is 11.3 Å². The van der Waals surface area contributed by atoms with Gasteiger partial charge in [-0.05, 0) is 37.1 Å². The van der Waals surface area contributed by atoms with E-state index in [0.29, 0.717) is 23.5 Å². The van der Waals surface area contributed by atoms with Crippen LogP contribution in [0.4, 0.5) is 5.13 Å². The number of hydrogen-bond donors (Lipinski definition) is 1. The van der Waals surface area contributed by atoms with E-state index in [1.54, 1.807) is 11.6 Å². The van der Waals surface area contributed by atoms with Crippen LogP contribution in [0.3, 0.4) is 0 Å². The molecule has 1 aliphatic heterocycles. The van der Waals surface area contributed by atoms with Crippen molar-refractivity contribution in [2.75, 3.05) is 18.4 Å². The molecule has 0 atom stereocenters. The van der Waals surface area contributed by atoms with Crippen LogP contribution in [0.15, 0.2) is 40.7 Å². The van der Waals surface area contributed by atoms with Crippen molar-refractivity contribution in [2.24, 2.45) is 5.92 Å². The van der Waals surface area contributed by atoms with Crippen LogP contribution in [0.25, 0.3) is 0 Å². The van der Waals surface area contributed by atoms with E-state index in [2.05, 4.69) is 10.3 Å². The van der Waals surface area contributed by atoms with Crippen LogP contribution < -0.4 is 5.32 Å². The molecular formula is C16H16N4O3S2. The van der Waals surface area contributed by atoms with Crippen LogP contribution in [-0.4, -0.2) is 36.7 Å². The van der Waals surface area contributed by atoms with Crippen molar-refractivity contribution < 1.29 is 13.2 Å². The monoisotopic (exact) mass is 376 g/mol. The van der Waals surface area contributed by atoms with Gasteiger partial charge >= 0.3 is 0 Å². The van der Waals surface area contributed by atoms with Crippen molar-refractivity contribution in [3.8, 4) is 6.07 Å². The minimum absolute atomic E-state index is 0.120. The number of piperidine rings is 1. The number of amides is 1. The lowest BCUT2D eigenvalue weighted by molar-refractivity contribution is -0.120. The first-order valence-corrected chi connectivity index (χ1v) is 10.0. The van der Waals surface area contributed by atoms with E-state index >= 15 is 0 Å². The maximum atomic E-state index is 12.7. The van der Waals surface area contributed by atoms with E-state index in [9.17, 15) is 13.2 Å². The number of sulfonamides is 1. The molecule has 1 amide bonds. The molecule has 0 spiro atoms. The molecule has 0 saturated carbocycles. The van der Waals surface area contributed by atoms with Crippen molar-refractivity contribution in [1.29, 1.82) is 5.26 Å². The molecule has 1 N–H and O–H groups in total. The van der Waals surface area contributed by atoms with Crippen LogP contribution in [0, 0.1) is 17.2 Å². The van der Waals surface area contributed by atoms with Crippen LogP contribution in [0.5, 0.6) is 0 Å². The zero-order valence-electron chi connectivity index (χ0n) is 13.3. The highest BCUT2D eigenvalue weighted by Gasteiger charge is 2.32. The first-order chi connectivity index (χ1) is 12.0.